The molecule has 3 aromatic rings. The Morgan fingerprint density at radius 2 is 1.77 bits per heavy atom. The van der Waals surface area contributed by atoms with Gasteiger partial charge in [0, 0.05) is 80.1 Å². The van der Waals surface area contributed by atoms with Crippen LogP contribution in [-0.4, -0.2) is 89.6 Å². The number of aldehydes is 1. The van der Waals surface area contributed by atoms with Crippen LogP contribution in [0.4, 0.5) is 11.5 Å². The van der Waals surface area contributed by atoms with Crippen molar-refractivity contribution in [1.29, 1.82) is 0 Å². The van der Waals surface area contributed by atoms with Gasteiger partial charge in [-0.2, -0.15) is 9.97 Å². The highest BCUT2D eigenvalue weighted by Gasteiger charge is 2.31. The van der Waals surface area contributed by atoms with Crippen molar-refractivity contribution in [1.82, 2.24) is 19.8 Å². The van der Waals surface area contributed by atoms with Crippen molar-refractivity contribution >= 4 is 28.6 Å². The van der Waals surface area contributed by atoms with E-state index in [1.54, 1.807) is 6.08 Å². The number of phenols is 1. The summed E-state index contributed by atoms with van der Waals surface area (Å²) in [6, 6.07) is 13.1. The molecule has 1 saturated carbocycles. The lowest BCUT2D eigenvalue weighted by atomic mass is 9.94. The number of likely N-dealkylation sites (tertiary alicyclic amines) is 1. The Balaban J connectivity index is 1.12. The molecule has 9 heteroatoms. The summed E-state index contributed by atoms with van der Waals surface area (Å²) < 4.78 is 6.43. The van der Waals surface area contributed by atoms with Crippen LogP contribution in [0.5, 0.6) is 11.8 Å². The van der Waals surface area contributed by atoms with Gasteiger partial charge in [-0.25, -0.2) is 0 Å². The van der Waals surface area contributed by atoms with Crippen LogP contribution in [0.25, 0.3) is 10.8 Å². The molecular formula is C35H44N6O3. The Hall–Kier alpha value is -3.85. The molecule has 1 aliphatic carbocycles. The monoisotopic (exact) mass is 596 g/mol. The van der Waals surface area contributed by atoms with Crippen LogP contribution in [-0.2, 0) is 17.8 Å². The van der Waals surface area contributed by atoms with Crippen molar-refractivity contribution in [3.8, 4) is 11.8 Å². The van der Waals surface area contributed by atoms with E-state index < -0.39 is 0 Å². The van der Waals surface area contributed by atoms with Gasteiger partial charge >= 0.3 is 6.01 Å². The van der Waals surface area contributed by atoms with Gasteiger partial charge in [0.2, 0.25) is 0 Å². The van der Waals surface area contributed by atoms with Gasteiger partial charge in [0.15, 0.2) is 0 Å². The third kappa shape index (κ3) is 6.20. The number of hydrogen-bond donors (Lipinski definition) is 1. The number of allylic oxidation sites excluding steroid dienone is 1. The van der Waals surface area contributed by atoms with Crippen LogP contribution in [0.15, 0.2) is 48.7 Å². The van der Waals surface area contributed by atoms with Crippen LogP contribution in [0.1, 0.15) is 49.8 Å². The number of nitrogens with zero attached hydrogens (tertiary/aromatic N) is 6. The predicted molar refractivity (Wildman–Crippen MR) is 173 cm³/mol. The summed E-state index contributed by atoms with van der Waals surface area (Å²) in [5.41, 5.74) is 3.22. The number of anilines is 2. The zero-order valence-corrected chi connectivity index (χ0v) is 25.6. The second-order valence-electron chi connectivity index (χ2n) is 12.9. The molecule has 44 heavy (non-hydrogen) atoms. The molecule has 0 spiro atoms. The second-order valence-corrected chi connectivity index (χ2v) is 12.9. The van der Waals surface area contributed by atoms with Crippen LogP contribution in [0.2, 0.25) is 0 Å². The highest BCUT2D eigenvalue weighted by molar-refractivity contribution is 5.95. The molecule has 1 atom stereocenters. The van der Waals surface area contributed by atoms with Gasteiger partial charge in [0.1, 0.15) is 17.9 Å². The first-order valence-electron chi connectivity index (χ1n) is 16.5. The SMILES string of the molecule is O=CC=CN1CCN(c2nc(OC[C@@H]3CCN(C4CCCCC4)C3)nc3c2CCN(c2cc(O)cc4ccccc24)C3)CC1. The topological polar surface area (TPSA) is 85.3 Å². The van der Waals surface area contributed by atoms with Gasteiger partial charge < -0.3 is 24.5 Å². The Labute approximate surface area is 260 Å². The number of piperazine rings is 1. The third-order valence-corrected chi connectivity index (χ3v) is 10.0. The Kier molecular flexibility index (Phi) is 8.55. The highest BCUT2D eigenvalue weighted by atomic mass is 16.5. The fourth-order valence-corrected chi connectivity index (χ4v) is 7.67. The van der Waals surface area contributed by atoms with Gasteiger partial charge in [-0.3, -0.25) is 9.69 Å². The maximum atomic E-state index is 10.8. The van der Waals surface area contributed by atoms with Crippen molar-refractivity contribution in [3.05, 3.63) is 59.9 Å². The van der Waals surface area contributed by atoms with Crippen LogP contribution in [0.3, 0.4) is 0 Å². The van der Waals surface area contributed by atoms with Crippen LogP contribution in [0, 0.1) is 5.92 Å². The van der Waals surface area contributed by atoms with E-state index in [1.165, 1.54) is 50.6 Å². The molecule has 9 nitrogen and oxygen atoms in total. The van der Waals surface area contributed by atoms with Crippen LogP contribution >= 0.6 is 0 Å². The zero-order valence-electron chi connectivity index (χ0n) is 25.6. The summed E-state index contributed by atoms with van der Waals surface area (Å²) in [5.74, 6) is 1.76. The molecule has 7 rings (SSSR count). The third-order valence-electron chi connectivity index (χ3n) is 10.0. The van der Waals surface area contributed by atoms with Crippen molar-refractivity contribution in [2.24, 2.45) is 5.92 Å². The van der Waals surface area contributed by atoms with Gasteiger partial charge in [-0.15, -0.1) is 0 Å². The first kappa shape index (κ1) is 28.9. The molecule has 4 heterocycles. The van der Waals surface area contributed by atoms with E-state index in [0.29, 0.717) is 25.1 Å². The normalized spacial score (nSPS) is 21.7. The summed E-state index contributed by atoms with van der Waals surface area (Å²) in [4.78, 5) is 30.5. The summed E-state index contributed by atoms with van der Waals surface area (Å²) in [6.07, 6.45) is 13.1. The Bertz CT molecular complexity index is 1500. The number of ether oxygens (including phenoxy) is 1. The minimum Gasteiger partial charge on any atom is -0.508 e. The smallest absolute Gasteiger partial charge is 0.318 e. The molecule has 0 unspecified atom stereocenters. The molecule has 3 aliphatic heterocycles. The van der Waals surface area contributed by atoms with Crippen molar-refractivity contribution < 1.29 is 14.6 Å². The number of aromatic hydroxyl groups is 1. The summed E-state index contributed by atoms with van der Waals surface area (Å²) in [6.45, 7) is 7.69. The average molecular weight is 597 g/mol. The minimum absolute atomic E-state index is 0.275. The van der Waals surface area contributed by atoms with Gasteiger partial charge in [0.25, 0.3) is 0 Å². The Morgan fingerprint density at radius 3 is 2.61 bits per heavy atom. The summed E-state index contributed by atoms with van der Waals surface area (Å²) >= 11 is 0. The zero-order chi connectivity index (χ0) is 29.9. The van der Waals surface area contributed by atoms with E-state index in [0.717, 1.165) is 86.0 Å². The molecule has 0 radical (unpaired) electrons. The fraction of sp³-hybridized carbons (Fsp3) is 0.514. The predicted octanol–water partition coefficient (Wildman–Crippen LogP) is 4.77. The number of aromatic nitrogens is 2. The maximum absolute atomic E-state index is 10.8. The molecule has 1 aromatic heterocycles. The molecule has 3 fully saturated rings. The lowest BCUT2D eigenvalue weighted by molar-refractivity contribution is -0.104. The van der Waals surface area contributed by atoms with Crippen molar-refractivity contribution in [3.63, 3.8) is 0 Å². The molecule has 2 aromatic carbocycles. The summed E-state index contributed by atoms with van der Waals surface area (Å²) in [7, 11) is 0. The van der Waals surface area contributed by atoms with Gasteiger partial charge in [-0.1, -0.05) is 43.5 Å². The van der Waals surface area contributed by atoms with Gasteiger partial charge in [0.05, 0.1) is 18.8 Å². The standard InChI is InChI=1S/C35H44N6O3/c42-20-6-13-38-16-18-39(19-17-38)34-31-12-15-41(33-22-29(43)21-27-7-4-5-10-30(27)33)24-32(31)36-35(37-34)44-25-26-11-14-40(23-26)28-8-2-1-3-9-28/h4-7,10,13,20-22,26,28,43H,1-3,8-9,11-12,14-19,23-25H2/t26-/m1/s1. The van der Waals surface area contributed by atoms with Crippen molar-refractivity contribution in [2.75, 3.05) is 62.2 Å². The number of carbonyl (C=O) groups excluding carboxylic acids is 1. The largest absolute Gasteiger partial charge is 0.508 e. The maximum Gasteiger partial charge on any atom is 0.318 e. The van der Waals surface area contributed by atoms with Gasteiger partial charge in [-0.05, 0) is 49.8 Å². The molecule has 2 saturated heterocycles. The molecule has 0 amide bonds. The summed E-state index contributed by atoms with van der Waals surface area (Å²) in [5, 5.41) is 12.7. The lowest BCUT2D eigenvalue weighted by Crippen LogP contribution is -2.45. The number of phenolic OH excluding ortho intramolecular Hbond substituents is 1. The van der Waals surface area contributed by atoms with E-state index >= 15 is 0 Å². The van der Waals surface area contributed by atoms with E-state index in [2.05, 4.69) is 31.7 Å². The quantitative estimate of drug-likeness (QED) is 0.292. The van der Waals surface area contributed by atoms with E-state index in [1.807, 2.05) is 30.5 Å². The van der Waals surface area contributed by atoms with Crippen LogP contribution < -0.4 is 14.5 Å². The molecule has 4 aliphatic rings. The number of fused-ring (bicyclic) bond motifs is 2. The van der Waals surface area contributed by atoms with Crippen molar-refractivity contribution in [2.45, 2.75) is 57.5 Å². The first-order chi connectivity index (χ1) is 21.6. The highest BCUT2D eigenvalue weighted by Crippen LogP contribution is 2.37. The van der Waals surface area contributed by atoms with E-state index in [-0.39, 0.29) is 5.75 Å². The molecule has 232 valence electrons. The van der Waals surface area contributed by atoms with E-state index in [9.17, 15) is 9.90 Å². The second kappa shape index (κ2) is 13.0. The minimum atomic E-state index is 0.275. The van der Waals surface area contributed by atoms with E-state index in [4.69, 9.17) is 14.7 Å². The number of carbonyl (C=O) groups is 1. The lowest BCUT2D eigenvalue weighted by Gasteiger charge is -2.38. The first-order valence-corrected chi connectivity index (χ1v) is 16.5. The average Bonchev–Trinajstić information content (AvgIpc) is 3.55. The number of hydrogen-bond acceptors (Lipinski definition) is 9. The Morgan fingerprint density at radius 1 is 0.932 bits per heavy atom. The molecular weight excluding hydrogens is 552 g/mol. The molecule has 1 N–H and O–H groups in total. The molecule has 0 bridgehead atoms. The fourth-order valence-electron chi connectivity index (χ4n) is 7.67. The number of benzene rings is 2. The number of rotatable bonds is 8.